The molecule has 0 saturated heterocycles. The van der Waals surface area contributed by atoms with E-state index in [0.29, 0.717) is 25.0 Å². The van der Waals surface area contributed by atoms with Gasteiger partial charge < -0.3 is 9.47 Å². The van der Waals surface area contributed by atoms with Crippen LogP contribution in [-0.4, -0.2) is 24.8 Å². The van der Waals surface area contributed by atoms with E-state index >= 15 is 0 Å². The summed E-state index contributed by atoms with van der Waals surface area (Å²) in [4.78, 5) is 3.94. The summed E-state index contributed by atoms with van der Waals surface area (Å²) in [7, 11) is 0. The van der Waals surface area contributed by atoms with Gasteiger partial charge in [0.15, 0.2) is 0 Å². The van der Waals surface area contributed by atoms with E-state index in [4.69, 9.17) is 21.1 Å². The second-order valence-electron chi connectivity index (χ2n) is 2.82. The van der Waals surface area contributed by atoms with E-state index in [1.807, 2.05) is 13.8 Å². The number of aryl methyl sites for hydroxylation is 1. The molecule has 0 spiro atoms. The van der Waals surface area contributed by atoms with E-state index < -0.39 is 0 Å². The molecule has 14 heavy (non-hydrogen) atoms. The summed E-state index contributed by atoms with van der Waals surface area (Å²) < 4.78 is 10.6. The topological polar surface area (TPSA) is 31.4 Å². The zero-order valence-electron chi connectivity index (χ0n) is 8.42. The van der Waals surface area contributed by atoms with Gasteiger partial charge in [-0.05, 0) is 13.8 Å². The van der Waals surface area contributed by atoms with Gasteiger partial charge in [0.05, 0.1) is 6.61 Å². The summed E-state index contributed by atoms with van der Waals surface area (Å²) in [6.07, 6.45) is 1.69. The molecule has 0 aliphatic rings. The number of hydrogen-bond donors (Lipinski definition) is 0. The van der Waals surface area contributed by atoms with Crippen LogP contribution < -0.4 is 4.74 Å². The van der Waals surface area contributed by atoms with E-state index in [-0.39, 0.29) is 0 Å². The molecule has 3 nitrogen and oxygen atoms in total. The minimum Gasteiger partial charge on any atom is -0.491 e. The first-order valence-corrected chi connectivity index (χ1v) is 4.94. The zero-order valence-corrected chi connectivity index (χ0v) is 9.17. The fourth-order valence-electron chi connectivity index (χ4n) is 0.992. The molecule has 4 heteroatoms. The van der Waals surface area contributed by atoms with E-state index in [9.17, 15) is 0 Å². The van der Waals surface area contributed by atoms with Crippen LogP contribution in [0.3, 0.4) is 0 Å². The first-order chi connectivity index (χ1) is 6.74. The summed E-state index contributed by atoms with van der Waals surface area (Å²) in [5, 5.41) is 0.446. The Morgan fingerprint density at radius 3 is 2.93 bits per heavy atom. The third kappa shape index (κ3) is 3.52. The van der Waals surface area contributed by atoms with Crippen LogP contribution in [0.25, 0.3) is 0 Å². The van der Waals surface area contributed by atoms with Crippen LogP contribution in [0.1, 0.15) is 12.5 Å². The third-order valence-corrected chi connectivity index (χ3v) is 1.92. The molecular formula is C10H14ClNO2. The number of halogens is 1. The van der Waals surface area contributed by atoms with Gasteiger partial charge in [-0.2, -0.15) is 0 Å². The Balaban J connectivity index is 2.45. The summed E-state index contributed by atoms with van der Waals surface area (Å²) in [5.74, 6) is 0.768. The monoisotopic (exact) mass is 215 g/mol. The van der Waals surface area contributed by atoms with Gasteiger partial charge in [0.1, 0.15) is 17.5 Å². The Bertz CT molecular complexity index is 291. The van der Waals surface area contributed by atoms with Crippen molar-refractivity contribution in [1.29, 1.82) is 0 Å². The number of rotatable bonds is 5. The highest BCUT2D eigenvalue weighted by Gasteiger charge is 2.00. The van der Waals surface area contributed by atoms with Crippen LogP contribution in [0.2, 0.25) is 5.15 Å². The van der Waals surface area contributed by atoms with E-state index in [2.05, 4.69) is 4.98 Å². The predicted octanol–water partition coefficient (Wildman–Crippen LogP) is 2.46. The highest BCUT2D eigenvalue weighted by atomic mass is 35.5. The maximum absolute atomic E-state index is 5.73. The van der Waals surface area contributed by atoms with Gasteiger partial charge in [0.2, 0.25) is 0 Å². The minimum absolute atomic E-state index is 0.446. The van der Waals surface area contributed by atoms with Gasteiger partial charge in [0.25, 0.3) is 0 Å². The van der Waals surface area contributed by atoms with Crippen molar-refractivity contribution in [2.24, 2.45) is 0 Å². The smallest absolute Gasteiger partial charge is 0.132 e. The van der Waals surface area contributed by atoms with Crippen molar-refractivity contribution in [3.8, 4) is 5.75 Å². The standard InChI is InChI=1S/C10H14ClNO2/c1-3-13-4-5-14-9-6-10(11)12-7-8(9)2/h6-7H,3-5H2,1-2H3. The molecule has 1 rings (SSSR count). The Hall–Kier alpha value is -0.800. The molecule has 1 heterocycles. The van der Waals surface area contributed by atoms with Crippen LogP contribution in [-0.2, 0) is 4.74 Å². The quantitative estimate of drug-likeness (QED) is 0.559. The van der Waals surface area contributed by atoms with Crippen LogP contribution in [0.4, 0.5) is 0 Å². The van der Waals surface area contributed by atoms with Crippen molar-refractivity contribution in [3.63, 3.8) is 0 Å². The molecule has 1 aromatic rings. The molecule has 78 valence electrons. The van der Waals surface area contributed by atoms with Crippen LogP contribution in [0.5, 0.6) is 5.75 Å². The predicted molar refractivity (Wildman–Crippen MR) is 56.0 cm³/mol. The average Bonchev–Trinajstić information content (AvgIpc) is 2.18. The molecule has 0 saturated carbocycles. The van der Waals surface area contributed by atoms with Crippen molar-refractivity contribution < 1.29 is 9.47 Å². The molecule has 0 aliphatic heterocycles. The number of pyridine rings is 1. The number of nitrogens with zero attached hydrogens (tertiary/aromatic N) is 1. The highest BCUT2D eigenvalue weighted by Crippen LogP contribution is 2.19. The molecule has 0 N–H and O–H groups in total. The molecule has 0 unspecified atom stereocenters. The lowest BCUT2D eigenvalue weighted by Gasteiger charge is -2.08. The largest absolute Gasteiger partial charge is 0.491 e. The Morgan fingerprint density at radius 2 is 2.21 bits per heavy atom. The number of hydrogen-bond acceptors (Lipinski definition) is 3. The molecule has 0 atom stereocenters. The van der Waals surface area contributed by atoms with Crippen LogP contribution in [0.15, 0.2) is 12.3 Å². The highest BCUT2D eigenvalue weighted by molar-refractivity contribution is 6.29. The molecule has 0 fully saturated rings. The van der Waals surface area contributed by atoms with E-state index in [1.54, 1.807) is 12.3 Å². The summed E-state index contributed by atoms with van der Waals surface area (Å²) >= 11 is 5.73. The molecule has 0 bridgehead atoms. The van der Waals surface area contributed by atoms with Crippen LogP contribution in [0, 0.1) is 6.92 Å². The van der Waals surface area contributed by atoms with Crippen molar-refractivity contribution in [2.75, 3.05) is 19.8 Å². The Morgan fingerprint density at radius 1 is 1.43 bits per heavy atom. The lowest BCUT2D eigenvalue weighted by atomic mass is 10.3. The van der Waals surface area contributed by atoms with E-state index in [1.165, 1.54) is 0 Å². The fraction of sp³-hybridized carbons (Fsp3) is 0.500. The van der Waals surface area contributed by atoms with Gasteiger partial charge in [-0.1, -0.05) is 11.6 Å². The first-order valence-electron chi connectivity index (χ1n) is 4.56. The second kappa shape index (κ2) is 5.83. The molecular weight excluding hydrogens is 202 g/mol. The molecule has 0 amide bonds. The minimum atomic E-state index is 0.446. The van der Waals surface area contributed by atoms with Gasteiger partial charge in [-0.25, -0.2) is 4.98 Å². The number of ether oxygens (including phenoxy) is 2. The third-order valence-electron chi connectivity index (χ3n) is 1.71. The lowest BCUT2D eigenvalue weighted by Crippen LogP contribution is -2.07. The van der Waals surface area contributed by atoms with Crippen molar-refractivity contribution in [1.82, 2.24) is 4.98 Å². The molecule has 0 radical (unpaired) electrons. The summed E-state index contributed by atoms with van der Waals surface area (Å²) in [6.45, 7) is 5.72. The molecule has 1 aromatic heterocycles. The summed E-state index contributed by atoms with van der Waals surface area (Å²) in [5.41, 5.74) is 0.978. The average molecular weight is 216 g/mol. The normalized spacial score (nSPS) is 10.2. The van der Waals surface area contributed by atoms with E-state index in [0.717, 1.165) is 11.3 Å². The first kappa shape index (κ1) is 11.3. The van der Waals surface area contributed by atoms with Crippen molar-refractivity contribution >= 4 is 11.6 Å². The maximum Gasteiger partial charge on any atom is 0.132 e. The second-order valence-corrected chi connectivity index (χ2v) is 3.21. The van der Waals surface area contributed by atoms with Crippen molar-refractivity contribution in [2.45, 2.75) is 13.8 Å². The van der Waals surface area contributed by atoms with Gasteiger partial charge in [-0.15, -0.1) is 0 Å². The SMILES string of the molecule is CCOCCOc1cc(Cl)ncc1C. The number of aromatic nitrogens is 1. The zero-order chi connectivity index (χ0) is 10.4. The Labute approximate surface area is 89.0 Å². The van der Waals surface area contributed by atoms with Gasteiger partial charge in [-0.3, -0.25) is 0 Å². The van der Waals surface area contributed by atoms with Crippen LogP contribution >= 0.6 is 11.6 Å². The Kier molecular flexibility index (Phi) is 4.70. The van der Waals surface area contributed by atoms with Crippen molar-refractivity contribution in [3.05, 3.63) is 23.0 Å². The molecule has 0 aromatic carbocycles. The fourth-order valence-corrected chi connectivity index (χ4v) is 1.14. The lowest BCUT2D eigenvalue weighted by molar-refractivity contribution is 0.110. The van der Waals surface area contributed by atoms with Gasteiger partial charge in [0, 0.05) is 24.4 Å². The molecule has 0 aliphatic carbocycles. The van der Waals surface area contributed by atoms with Gasteiger partial charge >= 0.3 is 0 Å². The summed E-state index contributed by atoms with van der Waals surface area (Å²) in [6, 6.07) is 1.71. The maximum atomic E-state index is 5.73.